The first-order valence-electron chi connectivity index (χ1n) is 6.59. The molecule has 0 saturated carbocycles. The molecule has 0 amide bonds. The highest BCUT2D eigenvalue weighted by Gasteiger charge is 2.31. The third-order valence-electron chi connectivity index (χ3n) is 3.96. The van der Waals surface area contributed by atoms with Crippen LogP contribution in [0.1, 0.15) is 12.8 Å². The lowest BCUT2D eigenvalue weighted by Gasteiger charge is -2.42. The highest BCUT2D eigenvalue weighted by atomic mass is 16.5. The zero-order valence-electron chi connectivity index (χ0n) is 11.3. The van der Waals surface area contributed by atoms with Gasteiger partial charge in [-0.1, -0.05) is 0 Å². The maximum absolute atomic E-state index is 5.48. The van der Waals surface area contributed by atoms with Gasteiger partial charge in [0.2, 0.25) is 0 Å². The Kier molecular flexibility index (Phi) is 4.42. The predicted octanol–water partition coefficient (Wildman–Crippen LogP) is 0.515. The molecule has 2 atom stereocenters. The van der Waals surface area contributed by atoms with E-state index in [1.54, 1.807) is 0 Å². The van der Waals surface area contributed by atoms with Crippen LogP contribution in [-0.2, 0) is 4.74 Å². The fourth-order valence-electron chi connectivity index (χ4n) is 2.84. The molecule has 2 heterocycles. The number of piperazine rings is 1. The minimum absolute atomic E-state index is 0.419. The number of nitrogens with zero attached hydrogens (tertiary/aromatic N) is 2. The Morgan fingerprint density at radius 1 is 1.41 bits per heavy atom. The molecule has 0 aromatic heterocycles. The number of nitrogens with one attached hydrogen (secondary N) is 1. The van der Waals surface area contributed by atoms with Crippen molar-refractivity contribution in [1.29, 1.82) is 0 Å². The van der Waals surface area contributed by atoms with E-state index >= 15 is 0 Å². The second-order valence-electron chi connectivity index (χ2n) is 5.24. The Hall–Kier alpha value is -0.580. The second-order valence-corrected chi connectivity index (χ2v) is 5.24. The minimum Gasteiger partial charge on any atom is -0.501 e. The van der Waals surface area contributed by atoms with Crippen LogP contribution in [0.2, 0.25) is 0 Å². The van der Waals surface area contributed by atoms with Crippen molar-refractivity contribution in [3.63, 3.8) is 0 Å². The summed E-state index contributed by atoms with van der Waals surface area (Å²) in [6.45, 7) is 4.31. The van der Waals surface area contributed by atoms with Gasteiger partial charge < -0.3 is 15.0 Å². The second kappa shape index (κ2) is 5.85. The Morgan fingerprint density at radius 2 is 2.24 bits per heavy atom. The van der Waals surface area contributed by atoms with Crippen LogP contribution < -0.4 is 5.32 Å². The first kappa shape index (κ1) is 12.9. The summed E-state index contributed by atoms with van der Waals surface area (Å²) in [4.78, 5) is 4.88. The van der Waals surface area contributed by atoms with Gasteiger partial charge in [-0.3, -0.25) is 4.90 Å². The highest BCUT2D eigenvalue weighted by Crippen LogP contribution is 2.22. The summed E-state index contributed by atoms with van der Waals surface area (Å²) in [5.74, 6) is 0. The standard InChI is InChI=1S/C13H25N3O/c1-14-13(11-5-4-8-17-10-11)12-9-15(2)6-7-16(12)3/h10,12-14H,4-9H2,1-3H3. The average molecular weight is 239 g/mol. The lowest BCUT2D eigenvalue weighted by atomic mass is 9.93. The molecular formula is C13H25N3O. The lowest BCUT2D eigenvalue weighted by Crippen LogP contribution is -2.58. The maximum atomic E-state index is 5.48. The van der Waals surface area contributed by atoms with Crippen LogP contribution in [0.15, 0.2) is 11.8 Å². The monoisotopic (exact) mass is 239 g/mol. The minimum atomic E-state index is 0.419. The molecule has 2 unspecified atom stereocenters. The van der Waals surface area contributed by atoms with E-state index in [1.807, 2.05) is 6.26 Å². The summed E-state index contributed by atoms with van der Waals surface area (Å²) >= 11 is 0. The van der Waals surface area contributed by atoms with E-state index in [4.69, 9.17) is 4.74 Å². The molecule has 4 nitrogen and oxygen atoms in total. The van der Waals surface area contributed by atoms with Gasteiger partial charge in [0.15, 0.2) is 0 Å². The summed E-state index contributed by atoms with van der Waals surface area (Å²) in [7, 11) is 6.49. The molecule has 2 rings (SSSR count). The third kappa shape index (κ3) is 3.00. The smallest absolute Gasteiger partial charge is 0.0876 e. The zero-order chi connectivity index (χ0) is 12.3. The van der Waals surface area contributed by atoms with Gasteiger partial charge in [-0.05, 0) is 39.6 Å². The van der Waals surface area contributed by atoms with Crippen LogP contribution >= 0.6 is 0 Å². The van der Waals surface area contributed by atoms with Crippen LogP contribution in [0.3, 0.4) is 0 Å². The van der Waals surface area contributed by atoms with Gasteiger partial charge in [0, 0.05) is 31.7 Å². The average Bonchev–Trinajstić information content (AvgIpc) is 2.36. The van der Waals surface area contributed by atoms with Crippen molar-refractivity contribution in [1.82, 2.24) is 15.1 Å². The van der Waals surface area contributed by atoms with Gasteiger partial charge in [0.05, 0.1) is 12.9 Å². The van der Waals surface area contributed by atoms with E-state index in [9.17, 15) is 0 Å². The topological polar surface area (TPSA) is 27.7 Å². The molecule has 98 valence electrons. The summed E-state index contributed by atoms with van der Waals surface area (Å²) < 4.78 is 5.48. The molecule has 0 aliphatic carbocycles. The Morgan fingerprint density at radius 3 is 2.88 bits per heavy atom. The first-order valence-corrected chi connectivity index (χ1v) is 6.59. The van der Waals surface area contributed by atoms with Crippen molar-refractivity contribution in [3.05, 3.63) is 11.8 Å². The number of ether oxygens (including phenoxy) is 1. The van der Waals surface area contributed by atoms with Crippen molar-refractivity contribution in [3.8, 4) is 0 Å². The molecule has 1 saturated heterocycles. The molecular weight excluding hydrogens is 214 g/mol. The molecule has 0 bridgehead atoms. The van der Waals surface area contributed by atoms with Crippen molar-refractivity contribution >= 4 is 0 Å². The maximum Gasteiger partial charge on any atom is 0.0876 e. The van der Waals surface area contributed by atoms with Gasteiger partial charge in [0.25, 0.3) is 0 Å². The molecule has 2 aliphatic heterocycles. The molecule has 0 radical (unpaired) electrons. The Balaban J connectivity index is 2.07. The van der Waals surface area contributed by atoms with E-state index < -0.39 is 0 Å². The summed E-state index contributed by atoms with van der Waals surface area (Å²) in [6.07, 6.45) is 4.29. The summed E-state index contributed by atoms with van der Waals surface area (Å²) in [6, 6.07) is 0.967. The van der Waals surface area contributed by atoms with Crippen LogP contribution in [-0.4, -0.2) is 69.3 Å². The third-order valence-corrected chi connectivity index (χ3v) is 3.96. The van der Waals surface area contributed by atoms with Crippen molar-refractivity contribution in [2.45, 2.75) is 24.9 Å². The van der Waals surface area contributed by atoms with Crippen LogP contribution in [0.4, 0.5) is 0 Å². The van der Waals surface area contributed by atoms with Crippen molar-refractivity contribution < 1.29 is 4.74 Å². The number of hydrogen-bond acceptors (Lipinski definition) is 4. The molecule has 1 fully saturated rings. The van der Waals surface area contributed by atoms with E-state index in [1.165, 1.54) is 18.5 Å². The van der Waals surface area contributed by atoms with Gasteiger partial charge in [0.1, 0.15) is 0 Å². The Bertz CT molecular complexity index is 280. The fourth-order valence-corrected chi connectivity index (χ4v) is 2.84. The molecule has 2 aliphatic rings. The first-order chi connectivity index (χ1) is 8.22. The highest BCUT2D eigenvalue weighted by molar-refractivity contribution is 5.14. The van der Waals surface area contributed by atoms with E-state index in [-0.39, 0.29) is 0 Å². The van der Waals surface area contributed by atoms with E-state index in [0.717, 1.165) is 26.1 Å². The van der Waals surface area contributed by atoms with Gasteiger partial charge in [-0.25, -0.2) is 0 Å². The number of hydrogen-bond donors (Lipinski definition) is 1. The number of likely N-dealkylation sites (N-methyl/N-ethyl adjacent to an activating group) is 3. The molecule has 0 aromatic carbocycles. The van der Waals surface area contributed by atoms with Gasteiger partial charge in [-0.15, -0.1) is 0 Å². The zero-order valence-corrected chi connectivity index (χ0v) is 11.3. The molecule has 0 spiro atoms. The molecule has 1 N–H and O–H groups in total. The fraction of sp³-hybridized carbons (Fsp3) is 0.846. The summed E-state index contributed by atoms with van der Waals surface area (Å²) in [5.41, 5.74) is 1.42. The molecule has 4 heteroatoms. The van der Waals surface area contributed by atoms with E-state index in [2.05, 4.69) is 36.3 Å². The molecule has 0 aromatic rings. The SMILES string of the molecule is CNC(C1=COCCC1)C1CN(C)CCN1C. The quantitative estimate of drug-likeness (QED) is 0.777. The van der Waals surface area contributed by atoms with Crippen LogP contribution in [0.25, 0.3) is 0 Å². The van der Waals surface area contributed by atoms with Gasteiger partial charge >= 0.3 is 0 Å². The Labute approximate surface area is 105 Å². The van der Waals surface area contributed by atoms with Crippen LogP contribution in [0.5, 0.6) is 0 Å². The van der Waals surface area contributed by atoms with Crippen molar-refractivity contribution in [2.24, 2.45) is 0 Å². The normalized spacial score (nSPS) is 29.6. The van der Waals surface area contributed by atoms with Crippen molar-refractivity contribution in [2.75, 3.05) is 47.4 Å². The number of rotatable bonds is 3. The van der Waals surface area contributed by atoms with Crippen LogP contribution in [0, 0.1) is 0 Å². The predicted molar refractivity (Wildman–Crippen MR) is 70.0 cm³/mol. The lowest BCUT2D eigenvalue weighted by molar-refractivity contribution is 0.0937. The van der Waals surface area contributed by atoms with E-state index in [0.29, 0.717) is 12.1 Å². The molecule has 17 heavy (non-hydrogen) atoms. The largest absolute Gasteiger partial charge is 0.501 e. The summed E-state index contributed by atoms with van der Waals surface area (Å²) in [5, 5.41) is 3.48. The van der Waals surface area contributed by atoms with Gasteiger partial charge in [-0.2, -0.15) is 0 Å².